The number of benzene rings is 1. The molecule has 0 saturated heterocycles. The molecule has 0 radical (unpaired) electrons. The quantitative estimate of drug-likeness (QED) is 0.695. The molecule has 0 aliphatic carbocycles. The molecule has 0 saturated carbocycles. The number of fused-ring (bicyclic) bond motifs is 1. The lowest BCUT2D eigenvalue weighted by Gasteiger charge is -2.30. The highest BCUT2D eigenvalue weighted by atomic mass is 16.5. The van der Waals surface area contributed by atoms with Gasteiger partial charge >= 0.3 is 0 Å². The van der Waals surface area contributed by atoms with Crippen LogP contribution in [0.5, 0.6) is 11.6 Å². The summed E-state index contributed by atoms with van der Waals surface area (Å²) in [5.74, 6) is 1.13. The highest BCUT2D eigenvalue weighted by molar-refractivity contribution is 5.98. The van der Waals surface area contributed by atoms with E-state index in [1.165, 1.54) is 11.1 Å². The van der Waals surface area contributed by atoms with Gasteiger partial charge in [0.05, 0.1) is 25.4 Å². The fourth-order valence-electron chi connectivity index (χ4n) is 3.38. The third kappa shape index (κ3) is 4.64. The molecule has 1 aliphatic rings. The van der Waals surface area contributed by atoms with Crippen molar-refractivity contribution in [3.63, 3.8) is 0 Å². The van der Waals surface area contributed by atoms with E-state index in [-0.39, 0.29) is 18.2 Å². The van der Waals surface area contributed by atoms with Gasteiger partial charge in [-0.1, -0.05) is 6.07 Å². The van der Waals surface area contributed by atoms with E-state index in [2.05, 4.69) is 10.3 Å². The summed E-state index contributed by atoms with van der Waals surface area (Å²) in [6, 6.07) is 9.37. The third-order valence-corrected chi connectivity index (χ3v) is 4.89. The number of nitrogens with zero attached hydrogens (tertiary/aromatic N) is 1. The van der Waals surface area contributed by atoms with Gasteiger partial charge in [0, 0.05) is 25.2 Å². The maximum atomic E-state index is 12.5. The molecule has 1 aromatic heterocycles. The zero-order chi connectivity index (χ0) is 19.2. The Hall–Kier alpha value is -2.44. The van der Waals surface area contributed by atoms with Crippen LogP contribution in [0.1, 0.15) is 41.3 Å². The minimum absolute atomic E-state index is 0.0634. The number of aromatic nitrogens is 1. The van der Waals surface area contributed by atoms with Crippen molar-refractivity contribution in [1.82, 2.24) is 10.3 Å². The van der Waals surface area contributed by atoms with Crippen LogP contribution < -0.4 is 14.8 Å². The van der Waals surface area contributed by atoms with Gasteiger partial charge in [0.25, 0.3) is 0 Å². The molecule has 144 valence electrons. The molecule has 2 aromatic rings. The highest BCUT2D eigenvalue weighted by Crippen LogP contribution is 2.24. The number of ether oxygens (including phenoxy) is 2. The predicted molar refractivity (Wildman–Crippen MR) is 102 cm³/mol. The monoisotopic (exact) mass is 370 g/mol. The summed E-state index contributed by atoms with van der Waals surface area (Å²) in [5.41, 5.74) is 2.86. The average Bonchev–Trinajstić information content (AvgIpc) is 2.71. The molecule has 0 fully saturated rings. The van der Waals surface area contributed by atoms with Gasteiger partial charge in [-0.2, -0.15) is 0 Å². The maximum Gasteiger partial charge on any atom is 0.224 e. The lowest BCUT2D eigenvalue weighted by molar-refractivity contribution is 0.0873. The van der Waals surface area contributed by atoms with Gasteiger partial charge in [-0.05, 0) is 55.2 Å². The van der Waals surface area contributed by atoms with Crippen LogP contribution in [-0.2, 0) is 13.0 Å². The summed E-state index contributed by atoms with van der Waals surface area (Å²) in [5, 5.41) is 14.0. The topological polar surface area (TPSA) is 80.7 Å². The highest BCUT2D eigenvalue weighted by Gasteiger charge is 2.25. The third-order valence-electron chi connectivity index (χ3n) is 4.89. The second-order valence-electron chi connectivity index (χ2n) is 6.64. The van der Waals surface area contributed by atoms with E-state index in [9.17, 15) is 9.90 Å². The number of aliphatic hydroxyl groups is 1. The van der Waals surface area contributed by atoms with Crippen molar-refractivity contribution >= 4 is 5.78 Å². The van der Waals surface area contributed by atoms with Gasteiger partial charge < -0.3 is 19.9 Å². The van der Waals surface area contributed by atoms with Gasteiger partial charge in [0.1, 0.15) is 5.75 Å². The minimum Gasteiger partial charge on any atom is -0.497 e. The van der Waals surface area contributed by atoms with Crippen molar-refractivity contribution in [3.05, 3.63) is 53.2 Å². The van der Waals surface area contributed by atoms with Crippen molar-refractivity contribution in [3.8, 4) is 11.6 Å². The van der Waals surface area contributed by atoms with E-state index in [1.54, 1.807) is 25.4 Å². The molecular formula is C21H26N2O4. The number of rotatable bonds is 8. The van der Waals surface area contributed by atoms with Gasteiger partial charge in [0.15, 0.2) is 5.78 Å². The Morgan fingerprint density at radius 3 is 3.00 bits per heavy atom. The second-order valence-corrected chi connectivity index (χ2v) is 6.64. The SMILES string of the molecule is CCOc1ncccc1C(=O)CC[C@@H](O)[C@@H]1Cc2ccc(OC)cc2CN1. The number of ketones is 1. The van der Waals surface area contributed by atoms with Crippen LogP contribution in [0.2, 0.25) is 0 Å². The molecule has 27 heavy (non-hydrogen) atoms. The van der Waals surface area contributed by atoms with E-state index in [4.69, 9.17) is 9.47 Å². The van der Waals surface area contributed by atoms with Crippen LogP contribution in [0.25, 0.3) is 0 Å². The zero-order valence-corrected chi connectivity index (χ0v) is 15.8. The Morgan fingerprint density at radius 2 is 2.22 bits per heavy atom. The van der Waals surface area contributed by atoms with Gasteiger partial charge in [-0.3, -0.25) is 4.79 Å². The summed E-state index contributed by atoms with van der Waals surface area (Å²) in [4.78, 5) is 16.6. The van der Waals surface area contributed by atoms with E-state index < -0.39 is 6.10 Å². The number of carbonyl (C=O) groups is 1. The maximum absolute atomic E-state index is 12.5. The summed E-state index contributed by atoms with van der Waals surface area (Å²) in [7, 11) is 1.65. The van der Waals surface area contributed by atoms with Crippen molar-refractivity contribution in [2.75, 3.05) is 13.7 Å². The fraction of sp³-hybridized carbons (Fsp3) is 0.429. The van der Waals surface area contributed by atoms with Crippen molar-refractivity contribution in [1.29, 1.82) is 0 Å². The molecule has 6 heteroatoms. The van der Waals surface area contributed by atoms with Crippen LogP contribution in [0, 0.1) is 0 Å². The van der Waals surface area contributed by atoms with Crippen LogP contribution in [0.3, 0.4) is 0 Å². The number of aliphatic hydroxyl groups excluding tert-OH is 1. The molecule has 3 rings (SSSR count). The molecule has 2 heterocycles. The Labute approximate surface area is 159 Å². The molecule has 6 nitrogen and oxygen atoms in total. The predicted octanol–water partition coefficient (Wildman–Crippen LogP) is 2.53. The lowest BCUT2D eigenvalue weighted by atomic mass is 9.90. The second kappa shape index (κ2) is 8.97. The molecule has 0 bridgehead atoms. The first-order valence-electron chi connectivity index (χ1n) is 9.30. The van der Waals surface area contributed by atoms with E-state index in [0.717, 1.165) is 12.2 Å². The molecule has 2 N–H and O–H groups in total. The Kier molecular flexibility index (Phi) is 6.42. The van der Waals surface area contributed by atoms with Gasteiger partial charge in [-0.15, -0.1) is 0 Å². The van der Waals surface area contributed by atoms with Crippen LogP contribution >= 0.6 is 0 Å². The zero-order valence-electron chi connectivity index (χ0n) is 15.8. The number of Topliss-reactive ketones (excluding diaryl/α,β-unsaturated/α-hetero) is 1. The molecule has 0 spiro atoms. The Balaban J connectivity index is 1.58. The first-order valence-corrected chi connectivity index (χ1v) is 9.30. The number of nitrogens with one attached hydrogen (secondary N) is 1. The minimum atomic E-state index is -0.601. The van der Waals surface area contributed by atoms with Crippen molar-refractivity contribution in [2.45, 2.75) is 44.9 Å². The largest absolute Gasteiger partial charge is 0.497 e. The molecule has 2 atom stereocenters. The van der Waals surface area contributed by atoms with Gasteiger partial charge in [0.2, 0.25) is 5.88 Å². The van der Waals surface area contributed by atoms with Crippen LogP contribution in [0.15, 0.2) is 36.5 Å². The standard InChI is InChI=1S/C21H26N2O4/c1-3-27-21-17(5-4-10-22-21)19(24)8-9-20(25)18-12-14-6-7-16(26-2)11-15(14)13-23-18/h4-7,10-11,18,20,23,25H,3,8-9,12-13H2,1-2H3/t18-,20+/m0/s1. The van der Waals surface area contributed by atoms with Crippen LogP contribution in [-0.4, -0.2) is 41.7 Å². The molecule has 0 amide bonds. The number of hydrogen-bond donors (Lipinski definition) is 2. The Bertz CT molecular complexity index is 794. The van der Waals surface area contributed by atoms with Gasteiger partial charge in [-0.25, -0.2) is 4.98 Å². The first-order chi connectivity index (χ1) is 13.1. The summed E-state index contributed by atoms with van der Waals surface area (Å²) < 4.78 is 10.7. The molecule has 1 aromatic carbocycles. The first kappa shape index (κ1) is 19.3. The smallest absolute Gasteiger partial charge is 0.224 e. The molecule has 0 unspecified atom stereocenters. The molecular weight excluding hydrogens is 344 g/mol. The van der Waals surface area contributed by atoms with E-state index >= 15 is 0 Å². The van der Waals surface area contributed by atoms with E-state index in [1.807, 2.05) is 25.1 Å². The Morgan fingerprint density at radius 1 is 1.37 bits per heavy atom. The number of hydrogen-bond acceptors (Lipinski definition) is 6. The number of methoxy groups -OCH3 is 1. The summed E-state index contributed by atoms with van der Waals surface area (Å²) in [6.07, 6.45) is 2.38. The van der Waals surface area contributed by atoms with Crippen molar-refractivity contribution in [2.24, 2.45) is 0 Å². The van der Waals surface area contributed by atoms with Crippen molar-refractivity contribution < 1.29 is 19.4 Å². The summed E-state index contributed by atoms with van der Waals surface area (Å²) in [6.45, 7) is 2.99. The normalized spacial score (nSPS) is 17.1. The lowest BCUT2D eigenvalue weighted by Crippen LogP contribution is -2.44. The average molecular weight is 370 g/mol. The fourth-order valence-corrected chi connectivity index (χ4v) is 3.38. The number of pyridine rings is 1. The van der Waals surface area contributed by atoms with Crippen LogP contribution in [0.4, 0.5) is 0 Å². The molecule has 1 aliphatic heterocycles. The summed E-state index contributed by atoms with van der Waals surface area (Å²) >= 11 is 0. The van der Waals surface area contributed by atoms with E-state index in [0.29, 0.717) is 31.0 Å². The number of carbonyl (C=O) groups excluding carboxylic acids is 1.